The minimum absolute atomic E-state index is 0.354. The molecule has 4 nitrogen and oxygen atoms in total. The summed E-state index contributed by atoms with van der Waals surface area (Å²) in [5.74, 6) is 2.47. The van der Waals surface area contributed by atoms with Gasteiger partial charge in [0, 0.05) is 18.2 Å². The Labute approximate surface area is 116 Å². The molecular formula is C16H11N2O2+. The minimum atomic E-state index is -1.09. The summed E-state index contributed by atoms with van der Waals surface area (Å²) in [5, 5.41) is 14.1. The number of hydrogen-bond donors (Lipinski definition) is 1. The van der Waals surface area contributed by atoms with Crippen molar-refractivity contribution in [2.24, 2.45) is 5.10 Å². The fourth-order valence-corrected chi connectivity index (χ4v) is 2.42. The summed E-state index contributed by atoms with van der Waals surface area (Å²) in [6.45, 7) is 0. The Morgan fingerprint density at radius 2 is 1.75 bits per heavy atom. The third kappa shape index (κ3) is 1.48. The molecular weight excluding hydrogens is 252 g/mol. The summed E-state index contributed by atoms with van der Waals surface area (Å²) in [4.78, 5) is 11.9. The van der Waals surface area contributed by atoms with E-state index >= 15 is 0 Å². The van der Waals surface area contributed by atoms with Crippen molar-refractivity contribution in [3.8, 4) is 12.3 Å². The quantitative estimate of drug-likeness (QED) is 0.633. The van der Waals surface area contributed by atoms with Crippen LogP contribution in [0, 0.1) is 12.3 Å². The van der Waals surface area contributed by atoms with Crippen molar-refractivity contribution in [2.45, 2.75) is 0 Å². The molecule has 20 heavy (non-hydrogen) atoms. The van der Waals surface area contributed by atoms with Gasteiger partial charge in [0.25, 0.3) is 0 Å². The van der Waals surface area contributed by atoms with E-state index in [2.05, 4.69) is 11.0 Å². The number of hydrogen-bond acceptors (Lipinski definition) is 2. The molecule has 0 spiro atoms. The maximum absolute atomic E-state index is 11.9. The lowest BCUT2D eigenvalue weighted by molar-refractivity contribution is 0.167. The second kappa shape index (κ2) is 4.34. The van der Waals surface area contributed by atoms with Gasteiger partial charge in [-0.1, -0.05) is 35.4 Å². The monoisotopic (exact) mass is 263 g/mol. The van der Waals surface area contributed by atoms with Crippen molar-refractivity contribution in [3.05, 3.63) is 60.2 Å². The third-order valence-electron chi connectivity index (χ3n) is 3.30. The van der Waals surface area contributed by atoms with Gasteiger partial charge in [-0.2, -0.15) is 4.79 Å². The van der Waals surface area contributed by atoms with E-state index in [9.17, 15) is 9.90 Å². The van der Waals surface area contributed by atoms with Gasteiger partial charge in [0.15, 0.2) is 17.1 Å². The van der Waals surface area contributed by atoms with Crippen molar-refractivity contribution >= 4 is 23.2 Å². The number of benzene rings is 2. The second-order valence-corrected chi connectivity index (χ2v) is 4.36. The predicted octanol–water partition coefficient (Wildman–Crippen LogP) is 3.35. The molecule has 1 atom stereocenters. The molecule has 1 aliphatic heterocycles. The van der Waals surface area contributed by atoms with Gasteiger partial charge < -0.3 is 5.11 Å². The average molecular weight is 263 g/mol. The van der Waals surface area contributed by atoms with Crippen molar-refractivity contribution in [2.75, 3.05) is 0 Å². The van der Waals surface area contributed by atoms with Crippen LogP contribution in [0.15, 0.2) is 59.7 Å². The van der Waals surface area contributed by atoms with Gasteiger partial charge in [0.2, 0.25) is 0 Å². The summed E-state index contributed by atoms with van der Waals surface area (Å²) in [7, 11) is 0. The van der Waals surface area contributed by atoms with Crippen LogP contribution >= 0.6 is 0 Å². The number of fused-ring (bicyclic) bond motifs is 1. The van der Waals surface area contributed by atoms with E-state index in [0.29, 0.717) is 22.6 Å². The maximum Gasteiger partial charge on any atom is 0.551 e. The molecule has 4 heteroatoms. The van der Waals surface area contributed by atoms with Gasteiger partial charge in [-0.3, -0.25) is 0 Å². The van der Waals surface area contributed by atoms with Crippen molar-refractivity contribution in [3.63, 3.8) is 0 Å². The number of quaternary nitrogens is 1. The summed E-state index contributed by atoms with van der Waals surface area (Å²) >= 11 is 0. The van der Waals surface area contributed by atoms with Crippen molar-refractivity contribution < 1.29 is 9.90 Å². The fourth-order valence-electron chi connectivity index (χ4n) is 2.42. The molecule has 1 N–H and O–H groups in total. The number of rotatable bonds is 1. The summed E-state index contributed by atoms with van der Waals surface area (Å²) in [6, 6.07) is 16.0. The zero-order chi connectivity index (χ0) is 14.2. The zero-order valence-electron chi connectivity index (χ0n) is 10.5. The lowest BCUT2D eigenvalue weighted by atomic mass is 10.1. The molecule has 2 aromatic carbocycles. The van der Waals surface area contributed by atoms with E-state index in [-0.39, 0.29) is 0 Å². The van der Waals surface area contributed by atoms with E-state index in [4.69, 9.17) is 6.42 Å². The standard InChI is InChI=1S/C16H10N2O2/c1-2-14-13-10-6-7-11-15(13)18(17-14,16(19)20)12-8-4-3-5-9-12/h1,3-11H/p+1/t18-/m0/s1. The maximum atomic E-state index is 11.9. The Hall–Kier alpha value is -2.90. The Bertz CT molecular complexity index is 760. The average Bonchev–Trinajstić information content (AvgIpc) is 2.84. The van der Waals surface area contributed by atoms with E-state index in [1.165, 1.54) is 0 Å². The molecule has 1 heterocycles. The number of terminal acetylenes is 1. The first-order valence-corrected chi connectivity index (χ1v) is 6.05. The van der Waals surface area contributed by atoms with Crippen LogP contribution in [0.3, 0.4) is 0 Å². The Balaban J connectivity index is 2.37. The van der Waals surface area contributed by atoms with Crippen molar-refractivity contribution in [1.29, 1.82) is 0 Å². The molecule has 1 amide bonds. The molecule has 3 rings (SSSR count). The first kappa shape index (κ1) is 12.2. The predicted molar refractivity (Wildman–Crippen MR) is 77.7 cm³/mol. The Morgan fingerprint density at radius 3 is 2.40 bits per heavy atom. The minimum Gasteiger partial charge on any atom is -0.433 e. The fraction of sp³-hybridized carbons (Fsp3) is 0. The van der Waals surface area contributed by atoms with E-state index in [0.717, 1.165) is 0 Å². The molecule has 0 aromatic heterocycles. The van der Waals surface area contributed by atoms with Gasteiger partial charge in [0.05, 0.1) is 5.56 Å². The molecule has 0 radical (unpaired) electrons. The van der Waals surface area contributed by atoms with Crippen LogP contribution in [0.4, 0.5) is 16.2 Å². The van der Waals surface area contributed by atoms with Crippen LogP contribution in [-0.2, 0) is 0 Å². The number of nitrogens with zero attached hydrogens (tertiary/aromatic N) is 2. The molecule has 0 aliphatic carbocycles. The number of para-hydroxylation sites is 2. The lowest BCUT2D eigenvalue weighted by Gasteiger charge is -2.21. The highest BCUT2D eigenvalue weighted by Crippen LogP contribution is 2.42. The molecule has 0 fully saturated rings. The summed E-state index contributed by atoms with van der Waals surface area (Å²) in [5.41, 5.74) is 2.13. The van der Waals surface area contributed by atoms with Crippen LogP contribution in [0.5, 0.6) is 0 Å². The van der Waals surface area contributed by atoms with E-state index < -0.39 is 10.7 Å². The first-order chi connectivity index (χ1) is 9.70. The third-order valence-corrected chi connectivity index (χ3v) is 3.30. The number of carboxylic acid groups (broad SMARTS) is 1. The second-order valence-electron chi connectivity index (χ2n) is 4.36. The number of carbonyl (C=O) groups is 1. The van der Waals surface area contributed by atoms with Crippen molar-refractivity contribution in [1.82, 2.24) is 4.59 Å². The molecule has 0 unspecified atom stereocenters. The summed E-state index contributed by atoms with van der Waals surface area (Å²) in [6.07, 6.45) is 4.38. The largest absolute Gasteiger partial charge is 0.551 e. The Morgan fingerprint density at radius 1 is 1.10 bits per heavy atom. The Kier molecular flexibility index (Phi) is 2.63. The van der Waals surface area contributed by atoms with Crippen LogP contribution in [0.25, 0.3) is 0 Å². The molecule has 96 valence electrons. The van der Waals surface area contributed by atoms with Crippen LogP contribution in [0.1, 0.15) is 5.56 Å². The number of amides is 1. The lowest BCUT2D eigenvalue weighted by Crippen LogP contribution is -2.42. The van der Waals surface area contributed by atoms with Gasteiger partial charge in [-0.05, 0) is 16.6 Å². The van der Waals surface area contributed by atoms with Gasteiger partial charge in [-0.15, -0.1) is 6.42 Å². The zero-order valence-corrected chi connectivity index (χ0v) is 10.5. The highest BCUT2D eigenvalue weighted by Gasteiger charge is 2.50. The normalized spacial score (nSPS) is 19.9. The summed E-state index contributed by atoms with van der Waals surface area (Å²) < 4.78 is -0.642. The molecule has 0 bridgehead atoms. The highest BCUT2D eigenvalue weighted by molar-refractivity contribution is 6.20. The molecule has 2 aromatic rings. The van der Waals surface area contributed by atoms with Gasteiger partial charge in [0.1, 0.15) is 0 Å². The van der Waals surface area contributed by atoms with Gasteiger partial charge >= 0.3 is 6.09 Å². The van der Waals surface area contributed by atoms with Crippen LogP contribution in [-0.4, -0.2) is 16.9 Å². The SMILES string of the molecule is C#CC1=N[N@@+](C(=O)O)(c2ccccc2)c2ccccc21. The smallest absolute Gasteiger partial charge is 0.433 e. The van der Waals surface area contributed by atoms with E-state index in [1.54, 1.807) is 42.5 Å². The molecule has 1 aliphatic rings. The topological polar surface area (TPSA) is 49.7 Å². The van der Waals surface area contributed by atoms with Crippen LogP contribution in [0.2, 0.25) is 0 Å². The molecule has 0 saturated heterocycles. The van der Waals surface area contributed by atoms with Gasteiger partial charge in [-0.25, -0.2) is 0 Å². The van der Waals surface area contributed by atoms with Crippen LogP contribution < -0.4 is 4.59 Å². The molecule has 0 saturated carbocycles. The first-order valence-electron chi connectivity index (χ1n) is 6.05. The highest BCUT2D eigenvalue weighted by atomic mass is 16.4. The van der Waals surface area contributed by atoms with E-state index in [1.807, 2.05) is 12.1 Å².